The van der Waals surface area contributed by atoms with Gasteiger partial charge < -0.3 is 10.2 Å². The van der Waals surface area contributed by atoms with Crippen molar-refractivity contribution in [3.63, 3.8) is 0 Å². The second-order valence-corrected chi connectivity index (χ2v) is 4.51. The van der Waals surface area contributed by atoms with Gasteiger partial charge in [-0.2, -0.15) is 0 Å². The van der Waals surface area contributed by atoms with Gasteiger partial charge in [0.1, 0.15) is 11.4 Å². The maximum Gasteiger partial charge on any atom is 0.197 e. The third-order valence-corrected chi connectivity index (χ3v) is 3.27. The standard InChI is InChI=1S/C15H15N3O/c1-3-11-9(2)14(16)18-15(17-11)13-8-10-6-4-5-7-12(10)19-13/h4-8H,3H2,1-2H3,(H2,16,17,18). The fourth-order valence-corrected chi connectivity index (χ4v) is 2.13. The number of nitrogens with zero attached hydrogens (tertiary/aromatic N) is 2. The molecule has 0 radical (unpaired) electrons. The minimum absolute atomic E-state index is 0.516. The number of benzene rings is 1. The molecule has 4 heteroatoms. The molecule has 2 N–H and O–H groups in total. The largest absolute Gasteiger partial charge is 0.453 e. The number of nitrogens with two attached hydrogens (primary N) is 1. The van der Waals surface area contributed by atoms with Gasteiger partial charge in [-0.15, -0.1) is 0 Å². The Kier molecular flexibility index (Phi) is 2.71. The topological polar surface area (TPSA) is 64.9 Å². The average Bonchev–Trinajstić information content (AvgIpc) is 2.85. The van der Waals surface area contributed by atoms with Crippen molar-refractivity contribution >= 4 is 16.8 Å². The third kappa shape index (κ3) is 1.95. The molecular weight excluding hydrogens is 238 g/mol. The Morgan fingerprint density at radius 3 is 2.74 bits per heavy atom. The molecule has 3 rings (SSSR count). The number of para-hydroxylation sites is 1. The number of aromatic nitrogens is 2. The number of anilines is 1. The van der Waals surface area contributed by atoms with Crippen molar-refractivity contribution in [3.05, 3.63) is 41.6 Å². The van der Waals surface area contributed by atoms with E-state index in [4.69, 9.17) is 10.2 Å². The van der Waals surface area contributed by atoms with Crippen molar-refractivity contribution in [1.82, 2.24) is 9.97 Å². The van der Waals surface area contributed by atoms with Crippen molar-refractivity contribution in [2.75, 3.05) is 5.73 Å². The predicted octanol–water partition coefficient (Wildman–Crippen LogP) is 3.34. The highest BCUT2D eigenvalue weighted by Crippen LogP contribution is 2.27. The van der Waals surface area contributed by atoms with Crippen LogP contribution < -0.4 is 5.73 Å². The van der Waals surface area contributed by atoms with Gasteiger partial charge in [0.25, 0.3) is 0 Å². The van der Waals surface area contributed by atoms with Gasteiger partial charge in [0.2, 0.25) is 0 Å². The zero-order valence-electron chi connectivity index (χ0n) is 11.0. The second kappa shape index (κ2) is 4.39. The van der Waals surface area contributed by atoms with Crippen LogP contribution in [0.2, 0.25) is 0 Å². The molecule has 0 aliphatic carbocycles. The van der Waals surface area contributed by atoms with Crippen LogP contribution >= 0.6 is 0 Å². The molecule has 0 spiro atoms. The molecule has 96 valence electrons. The molecule has 4 nitrogen and oxygen atoms in total. The molecule has 19 heavy (non-hydrogen) atoms. The summed E-state index contributed by atoms with van der Waals surface area (Å²) in [5, 5.41) is 1.04. The van der Waals surface area contributed by atoms with Gasteiger partial charge in [-0.25, -0.2) is 9.97 Å². The highest BCUT2D eigenvalue weighted by atomic mass is 16.3. The Morgan fingerprint density at radius 2 is 2.00 bits per heavy atom. The fourth-order valence-electron chi connectivity index (χ4n) is 2.13. The molecule has 0 atom stereocenters. The lowest BCUT2D eigenvalue weighted by atomic mass is 10.2. The lowest BCUT2D eigenvalue weighted by molar-refractivity contribution is 0.624. The first kappa shape index (κ1) is 11.7. The van der Waals surface area contributed by atoms with Gasteiger partial charge in [0.05, 0.1) is 0 Å². The van der Waals surface area contributed by atoms with Crippen LogP contribution in [-0.2, 0) is 6.42 Å². The predicted molar refractivity (Wildman–Crippen MR) is 75.8 cm³/mol. The molecule has 0 saturated carbocycles. The Bertz CT molecular complexity index is 713. The summed E-state index contributed by atoms with van der Waals surface area (Å²) in [5.74, 6) is 1.72. The summed E-state index contributed by atoms with van der Waals surface area (Å²) in [6.45, 7) is 3.99. The maximum absolute atomic E-state index is 5.94. The molecule has 0 saturated heterocycles. The smallest absolute Gasteiger partial charge is 0.197 e. The summed E-state index contributed by atoms with van der Waals surface area (Å²) in [6.07, 6.45) is 0.825. The zero-order valence-corrected chi connectivity index (χ0v) is 11.0. The Balaban J connectivity index is 2.18. The molecule has 2 aromatic heterocycles. The zero-order chi connectivity index (χ0) is 13.4. The fraction of sp³-hybridized carbons (Fsp3) is 0.200. The van der Waals surface area contributed by atoms with E-state index >= 15 is 0 Å². The lowest BCUT2D eigenvalue weighted by Crippen LogP contribution is -2.03. The van der Waals surface area contributed by atoms with E-state index in [1.165, 1.54) is 0 Å². The molecule has 0 fully saturated rings. The van der Waals surface area contributed by atoms with Gasteiger partial charge in [-0.3, -0.25) is 0 Å². The van der Waals surface area contributed by atoms with Crippen LogP contribution in [0.15, 0.2) is 34.7 Å². The van der Waals surface area contributed by atoms with Crippen molar-refractivity contribution in [2.45, 2.75) is 20.3 Å². The summed E-state index contributed by atoms with van der Waals surface area (Å²) in [5.41, 5.74) is 8.68. The van der Waals surface area contributed by atoms with Gasteiger partial charge in [-0.05, 0) is 25.5 Å². The summed E-state index contributed by atoms with van der Waals surface area (Å²) in [4.78, 5) is 8.85. The van der Waals surface area contributed by atoms with Crippen molar-refractivity contribution in [3.8, 4) is 11.6 Å². The molecule has 3 aromatic rings. The molecule has 0 unspecified atom stereocenters. The van der Waals surface area contributed by atoms with E-state index in [0.29, 0.717) is 17.4 Å². The minimum Gasteiger partial charge on any atom is -0.453 e. The molecule has 1 aromatic carbocycles. The van der Waals surface area contributed by atoms with Crippen LogP contribution in [-0.4, -0.2) is 9.97 Å². The Labute approximate surface area is 111 Å². The highest BCUT2D eigenvalue weighted by molar-refractivity contribution is 5.81. The Hall–Kier alpha value is -2.36. The normalized spacial score (nSPS) is 11.1. The lowest BCUT2D eigenvalue weighted by Gasteiger charge is -2.06. The number of hydrogen-bond acceptors (Lipinski definition) is 4. The van der Waals surface area contributed by atoms with Crippen LogP contribution in [0.1, 0.15) is 18.2 Å². The quantitative estimate of drug-likeness (QED) is 0.760. The van der Waals surface area contributed by atoms with E-state index in [-0.39, 0.29) is 0 Å². The number of furan rings is 1. The first-order chi connectivity index (χ1) is 9.19. The van der Waals surface area contributed by atoms with Gasteiger partial charge >= 0.3 is 0 Å². The van der Waals surface area contributed by atoms with Crippen LogP contribution in [0.3, 0.4) is 0 Å². The van der Waals surface area contributed by atoms with Gasteiger partial charge in [0.15, 0.2) is 11.6 Å². The van der Waals surface area contributed by atoms with Crippen molar-refractivity contribution in [2.24, 2.45) is 0 Å². The summed E-state index contributed by atoms with van der Waals surface area (Å²) in [7, 11) is 0. The molecule has 0 bridgehead atoms. The van der Waals surface area contributed by atoms with E-state index in [9.17, 15) is 0 Å². The first-order valence-corrected chi connectivity index (χ1v) is 6.31. The van der Waals surface area contributed by atoms with Crippen molar-refractivity contribution in [1.29, 1.82) is 0 Å². The molecular formula is C15H15N3O. The molecule has 2 heterocycles. The number of aryl methyl sites for hydroxylation is 1. The number of rotatable bonds is 2. The number of fused-ring (bicyclic) bond motifs is 1. The first-order valence-electron chi connectivity index (χ1n) is 6.31. The Morgan fingerprint density at radius 1 is 1.21 bits per heavy atom. The van der Waals surface area contributed by atoms with Crippen molar-refractivity contribution < 1.29 is 4.42 Å². The van der Waals surface area contributed by atoms with Gasteiger partial charge in [0, 0.05) is 16.6 Å². The second-order valence-electron chi connectivity index (χ2n) is 4.51. The monoisotopic (exact) mass is 253 g/mol. The van der Waals surface area contributed by atoms with Gasteiger partial charge in [-0.1, -0.05) is 25.1 Å². The van der Waals surface area contributed by atoms with E-state index in [1.807, 2.05) is 37.3 Å². The highest BCUT2D eigenvalue weighted by Gasteiger charge is 2.12. The van der Waals surface area contributed by atoms with E-state index in [1.54, 1.807) is 0 Å². The number of hydrogen-bond donors (Lipinski definition) is 1. The van der Waals surface area contributed by atoms with Crippen LogP contribution in [0, 0.1) is 6.92 Å². The molecule has 0 aliphatic heterocycles. The van der Waals surface area contributed by atoms with Crippen LogP contribution in [0.4, 0.5) is 5.82 Å². The summed E-state index contributed by atoms with van der Waals surface area (Å²) < 4.78 is 5.77. The van der Waals surface area contributed by atoms with E-state index < -0.39 is 0 Å². The minimum atomic E-state index is 0.516. The summed E-state index contributed by atoms with van der Waals surface area (Å²) in [6, 6.07) is 9.79. The molecule has 0 aliphatic rings. The van der Waals surface area contributed by atoms with Crippen LogP contribution in [0.5, 0.6) is 0 Å². The van der Waals surface area contributed by atoms with E-state index in [2.05, 4.69) is 16.9 Å². The third-order valence-electron chi connectivity index (χ3n) is 3.27. The maximum atomic E-state index is 5.94. The number of nitrogen functional groups attached to an aromatic ring is 1. The van der Waals surface area contributed by atoms with Crippen LogP contribution in [0.25, 0.3) is 22.6 Å². The summed E-state index contributed by atoms with van der Waals surface area (Å²) >= 11 is 0. The molecule has 0 amide bonds. The SMILES string of the molecule is CCc1nc(-c2cc3ccccc3o2)nc(N)c1C. The van der Waals surface area contributed by atoms with E-state index in [0.717, 1.165) is 28.6 Å². The average molecular weight is 253 g/mol.